The van der Waals surface area contributed by atoms with Gasteiger partial charge in [-0.05, 0) is 271 Å². The molecule has 0 heterocycles. The van der Waals surface area contributed by atoms with E-state index in [1.165, 1.54) is 0 Å². The molecule has 8 aliphatic carbocycles. The highest BCUT2D eigenvalue weighted by Crippen LogP contribution is 2.70. The number of hydrogen-bond acceptors (Lipinski definition) is 18. The number of nitrogens with one attached hydrogen (secondary N) is 8. The Labute approximate surface area is 668 Å². The Kier molecular flexibility index (Phi) is 30.0. The number of benzene rings is 1. The summed E-state index contributed by atoms with van der Waals surface area (Å²) in [5.41, 5.74) is 30.1. The standard InChI is InChI=1S/C90H146N12O10/c1-9-11-13-17-41-95-77-79(83(109)81(77)107)97-43-19-15-25-69(101-73(105)27-21-23-53(3)61-33-35-63-75-65(49-71(93)89(61,63)7)87(5)39-37-59(103)45-57(87)47-67(75)91)85(111)99-51-55-29-31-56(32-30-55)52-100-86(112)70(26-16-20-44-98-80-78(82(108)84(80)110)96-42-18-14-12-10-2)102-74(106)28-22-24-54(4)62-34-36-64-76-66(50-72(94)90(62,64)8)88(6)40-38-60(104)46-58(88)48-68(76)92/h29-32,53-54,57-72,75-76,95-98,103-104H,9-28,33-52,91-94H2,1-8H3,(H,99,111)(H,100,112)(H,101,105)(H,102,106)/t53-,54-,57+,58+,59-,60-,61-,62-,63+,64+,65+,66+,67-,68-,69?,70?,71+,72+,75+,76+,87+,88+,89-,90-/m1/s1. The number of rotatable bonds is 42. The minimum absolute atomic E-state index is 0.0485. The summed E-state index contributed by atoms with van der Waals surface area (Å²) in [5, 5.41) is 46.4. The van der Waals surface area contributed by atoms with Gasteiger partial charge in [0.05, 0.1) is 12.2 Å². The smallest absolute Gasteiger partial charge is 0.253 e. The Morgan fingerprint density at radius 2 is 0.786 bits per heavy atom. The van der Waals surface area contributed by atoms with E-state index in [0.29, 0.717) is 171 Å². The molecule has 2 unspecified atom stereocenters. The lowest BCUT2D eigenvalue weighted by molar-refractivity contribution is -0.143. The van der Waals surface area contributed by atoms with Crippen molar-refractivity contribution in [1.29, 1.82) is 0 Å². The lowest BCUT2D eigenvalue weighted by Crippen LogP contribution is -2.65. The first-order valence-corrected chi connectivity index (χ1v) is 44.8. The summed E-state index contributed by atoms with van der Waals surface area (Å²) in [6.45, 7) is 21.2. The molecule has 0 aromatic heterocycles. The van der Waals surface area contributed by atoms with Crippen LogP contribution in [0.4, 0.5) is 22.7 Å². The predicted octanol–water partition coefficient (Wildman–Crippen LogP) is 11.0. The summed E-state index contributed by atoms with van der Waals surface area (Å²) in [6, 6.07) is 6.24. The van der Waals surface area contributed by atoms with Crippen LogP contribution in [0.3, 0.4) is 0 Å². The van der Waals surface area contributed by atoms with Crippen LogP contribution in [-0.4, -0.2) is 108 Å². The molecule has 0 radical (unpaired) electrons. The summed E-state index contributed by atoms with van der Waals surface area (Å²) in [4.78, 5) is 107. The lowest BCUT2D eigenvalue weighted by atomic mass is 9.42. The van der Waals surface area contributed by atoms with Crippen molar-refractivity contribution in [3.8, 4) is 0 Å². The van der Waals surface area contributed by atoms with Crippen LogP contribution in [0.25, 0.3) is 0 Å². The molecular weight excluding hydrogens is 1410 g/mol. The van der Waals surface area contributed by atoms with Gasteiger partial charge >= 0.3 is 0 Å². The molecule has 0 bridgehead atoms. The van der Waals surface area contributed by atoms with Crippen LogP contribution in [0.2, 0.25) is 0 Å². The molecule has 11 rings (SSSR count). The second-order valence-electron chi connectivity index (χ2n) is 38.3. The molecule has 8 fully saturated rings. The van der Waals surface area contributed by atoms with Crippen molar-refractivity contribution in [2.45, 2.75) is 335 Å². The highest BCUT2D eigenvalue weighted by molar-refractivity contribution is 5.88. The van der Waals surface area contributed by atoms with Crippen LogP contribution in [0.15, 0.2) is 43.4 Å². The van der Waals surface area contributed by atoms with Crippen molar-refractivity contribution in [1.82, 2.24) is 21.3 Å². The van der Waals surface area contributed by atoms with E-state index in [1.807, 2.05) is 24.3 Å². The Bertz CT molecular complexity index is 3520. The van der Waals surface area contributed by atoms with Gasteiger partial charge in [-0.3, -0.25) is 38.4 Å². The maximum Gasteiger partial charge on any atom is 0.253 e. The van der Waals surface area contributed by atoms with Crippen LogP contribution >= 0.6 is 0 Å². The Balaban J connectivity index is 0.679. The van der Waals surface area contributed by atoms with Gasteiger partial charge in [-0.25, -0.2) is 0 Å². The Morgan fingerprint density at radius 1 is 0.438 bits per heavy atom. The van der Waals surface area contributed by atoms with Gasteiger partial charge in [0, 0.05) is 76.3 Å². The summed E-state index contributed by atoms with van der Waals surface area (Å²) in [7, 11) is 0. The van der Waals surface area contributed by atoms with Crippen LogP contribution < -0.4 is 87.2 Å². The van der Waals surface area contributed by atoms with Gasteiger partial charge in [0.2, 0.25) is 23.6 Å². The van der Waals surface area contributed by atoms with E-state index >= 15 is 0 Å². The van der Waals surface area contributed by atoms with E-state index in [-0.39, 0.29) is 108 Å². The monoisotopic (exact) mass is 1560 g/mol. The summed E-state index contributed by atoms with van der Waals surface area (Å²) < 4.78 is 0. The number of aliphatic hydroxyl groups excluding tert-OH is 2. The van der Waals surface area contributed by atoms with Crippen molar-refractivity contribution in [2.24, 2.45) is 116 Å². The van der Waals surface area contributed by atoms with Crippen molar-refractivity contribution in [3.05, 3.63) is 76.3 Å². The van der Waals surface area contributed by atoms with Crippen LogP contribution in [0, 0.1) is 92.7 Å². The van der Waals surface area contributed by atoms with Crippen LogP contribution in [0.5, 0.6) is 0 Å². The zero-order chi connectivity index (χ0) is 80.4. The van der Waals surface area contributed by atoms with E-state index in [4.69, 9.17) is 22.9 Å². The van der Waals surface area contributed by atoms with Crippen molar-refractivity contribution >= 4 is 46.4 Å². The highest BCUT2D eigenvalue weighted by atomic mass is 16.3. The Hall–Kier alpha value is -5.78. The van der Waals surface area contributed by atoms with E-state index in [9.17, 15) is 48.6 Å². The highest BCUT2D eigenvalue weighted by Gasteiger charge is 2.67. The summed E-state index contributed by atoms with van der Waals surface area (Å²) in [5.74, 6) is 3.95. The third-order valence-corrected chi connectivity index (χ3v) is 31.7. The van der Waals surface area contributed by atoms with E-state index in [2.05, 4.69) is 97.9 Å². The number of aliphatic hydroxyl groups is 2. The van der Waals surface area contributed by atoms with E-state index < -0.39 is 33.8 Å². The van der Waals surface area contributed by atoms with Crippen LogP contribution in [0.1, 0.15) is 285 Å². The number of fused-ring (bicyclic) bond motifs is 10. The van der Waals surface area contributed by atoms with Gasteiger partial charge in [0.1, 0.15) is 34.8 Å². The maximum atomic E-state index is 14.3. The van der Waals surface area contributed by atoms with Gasteiger partial charge in [-0.15, -0.1) is 0 Å². The third kappa shape index (κ3) is 18.9. The van der Waals surface area contributed by atoms with Gasteiger partial charge in [-0.2, -0.15) is 0 Å². The molecule has 18 N–H and O–H groups in total. The zero-order valence-corrected chi connectivity index (χ0v) is 69.6. The van der Waals surface area contributed by atoms with Crippen LogP contribution in [-0.2, 0) is 32.3 Å². The fraction of sp³-hybridized carbons (Fsp3) is 0.800. The molecule has 0 saturated heterocycles. The number of hydrogen-bond donors (Lipinski definition) is 14. The molecule has 0 aliphatic heterocycles. The molecule has 8 aliphatic rings. The van der Waals surface area contributed by atoms with Gasteiger partial charge in [0.15, 0.2) is 0 Å². The first-order chi connectivity index (χ1) is 53.6. The van der Waals surface area contributed by atoms with E-state index in [1.54, 1.807) is 0 Å². The minimum Gasteiger partial charge on any atom is -0.393 e. The molecular formula is C90H146N12O10. The predicted molar refractivity (Wildman–Crippen MR) is 449 cm³/mol. The number of anilines is 4. The fourth-order valence-corrected chi connectivity index (χ4v) is 25.0. The SMILES string of the molecule is CCCCCCNc1c(NCCCCC(NC(=O)CCC[C@@H](C)[C@H]2CC[C@H]3[C@@H]4[C@H](N)C[C@@H]5C[C@H](O)CC[C@]5(C)[C@H]4C[C@H](N)[C@]23C)C(=O)NCc2ccc(CNC(=O)C(CCCCNc3c(NCCCCCC)c(=O)c3=O)NC(=O)CCC[C@@H](C)[C@H]3CC[C@H]4[C@@H]5[C@H](N)C[C@@H]6C[C@H](O)CC[C@]6(C)[C@H]5C[C@H](N)[C@]34C)cc2)c(=O)c1=O. The third-order valence-electron chi connectivity index (χ3n) is 31.7. The lowest BCUT2D eigenvalue weighted by Gasteiger charge is -2.64. The summed E-state index contributed by atoms with van der Waals surface area (Å²) >= 11 is 0. The molecule has 626 valence electrons. The molecule has 3 aromatic carbocycles. The molecule has 22 nitrogen and oxygen atoms in total. The first-order valence-electron chi connectivity index (χ1n) is 44.8. The van der Waals surface area contributed by atoms with Gasteiger partial charge in [-0.1, -0.05) is 118 Å². The topological polar surface area (TPSA) is 377 Å². The first kappa shape index (κ1) is 87.1. The molecule has 22 heteroatoms. The average molecular weight is 1560 g/mol. The Morgan fingerprint density at radius 3 is 1.13 bits per heavy atom. The van der Waals surface area contributed by atoms with Crippen molar-refractivity contribution in [2.75, 3.05) is 47.4 Å². The number of nitrogens with two attached hydrogens (primary N) is 4. The molecule has 8 saturated carbocycles. The van der Waals surface area contributed by atoms with Gasteiger partial charge in [0.25, 0.3) is 21.7 Å². The fourth-order valence-electron chi connectivity index (χ4n) is 25.0. The second kappa shape index (κ2) is 38.5. The van der Waals surface area contributed by atoms with E-state index in [0.717, 1.165) is 165 Å². The number of amides is 4. The largest absolute Gasteiger partial charge is 0.393 e. The van der Waals surface area contributed by atoms with Crippen molar-refractivity contribution < 1.29 is 29.4 Å². The molecule has 3 aromatic rings. The summed E-state index contributed by atoms with van der Waals surface area (Å²) in [6.07, 6.45) is 28.1. The number of carbonyl (C=O) groups is 4. The zero-order valence-electron chi connectivity index (χ0n) is 69.6. The molecule has 112 heavy (non-hydrogen) atoms. The molecule has 4 amide bonds. The maximum absolute atomic E-state index is 14.3. The second-order valence-corrected chi connectivity index (χ2v) is 38.3. The minimum atomic E-state index is -0.827. The van der Waals surface area contributed by atoms with Crippen molar-refractivity contribution in [3.63, 3.8) is 0 Å². The molecule has 0 spiro atoms. The normalized spacial score (nSPS) is 33.6. The quantitative estimate of drug-likeness (QED) is 0.0185. The number of carbonyl (C=O) groups excluding carboxylic acids is 4. The number of unbranched alkanes of at least 4 members (excludes halogenated alkanes) is 8. The average Bonchev–Trinajstić information content (AvgIpc) is 1.33. The van der Waals surface area contributed by atoms with Gasteiger partial charge < -0.3 is 75.7 Å². The molecule has 24 atom stereocenters.